The monoisotopic (exact) mass is 192 g/mol. The Balaban J connectivity index is 1.85. The third-order valence-electron chi connectivity index (χ3n) is 2.73. The van der Waals surface area contributed by atoms with Crippen molar-refractivity contribution < 1.29 is 0 Å². The Labute approximate surface area is 84.0 Å². The molecular formula is C11H16N2O. The molecule has 2 rings (SSSR count). The van der Waals surface area contributed by atoms with E-state index < -0.39 is 0 Å². The van der Waals surface area contributed by atoms with Gasteiger partial charge in [0.05, 0.1) is 0 Å². The molecule has 3 nitrogen and oxygen atoms in total. The van der Waals surface area contributed by atoms with Gasteiger partial charge in [-0.25, -0.2) is 0 Å². The van der Waals surface area contributed by atoms with Crippen LogP contribution in [0.5, 0.6) is 0 Å². The zero-order chi connectivity index (χ0) is 9.80. The molecule has 0 amide bonds. The number of rotatable bonds is 3. The molecule has 1 aromatic heterocycles. The minimum atomic E-state index is 0.0856. The molecule has 76 valence electrons. The maximum Gasteiger partial charge on any atom is 0.181 e. The number of hydrogen-bond donors (Lipinski definition) is 0. The lowest BCUT2D eigenvalue weighted by molar-refractivity contribution is 0.322. The van der Waals surface area contributed by atoms with Gasteiger partial charge in [-0.2, -0.15) is 0 Å². The van der Waals surface area contributed by atoms with E-state index in [-0.39, 0.29) is 5.43 Å². The van der Waals surface area contributed by atoms with Gasteiger partial charge < -0.3 is 9.47 Å². The van der Waals surface area contributed by atoms with Crippen molar-refractivity contribution in [3.8, 4) is 0 Å². The van der Waals surface area contributed by atoms with Gasteiger partial charge in [-0.15, -0.1) is 0 Å². The van der Waals surface area contributed by atoms with E-state index in [4.69, 9.17) is 0 Å². The fraction of sp³-hybridized carbons (Fsp3) is 0.545. The van der Waals surface area contributed by atoms with Gasteiger partial charge in [-0.1, -0.05) is 0 Å². The van der Waals surface area contributed by atoms with Crippen molar-refractivity contribution in [1.29, 1.82) is 0 Å². The maximum absolute atomic E-state index is 10.9. The fourth-order valence-corrected chi connectivity index (χ4v) is 1.86. The predicted molar refractivity (Wildman–Crippen MR) is 56.4 cm³/mol. The molecule has 3 heteroatoms. The lowest BCUT2D eigenvalue weighted by atomic mass is 10.4. The summed E-state index contributed by atoms with van der Waals surface area (Å²) in [5.74, 6) is 0. The Morgan fingerprint density at radius 1 is 1.07 bits per heavy atom. The van der Waals surface area contributed by atoms with Crippen molar-refractivity contribution >= 4 is 0 Å². The van der Waals surface area contributed by atoms with Gasteiger partial charge in [0.15, 0.2) is 5.43 Å². The second-order valence-electron chi connectivity index (χ2n) is 3.82. The van der Waals surface area contributed by atoms with Crippen LogP contribution in [0.25, 0.3) is 0 Å². The van der Waals surface area contributed by atoms with Crippen LogP contribution in [0.4, 0.5) is 0 Å². The number of pyridine rings is 1. The molecule has 0 saturated carbocycles. The summed E-state index contributed by atoms with van der Waals surface area (Å²) in [5.41, 5.74) is 0.0856. The van der Waals surface area contributed by atoms with Crippen LogP contribution >= 0.6 is 0 Å². The van der Waals surface area contributed by atoms with Gasteiger partial charge in [0.1, 0.15) is 0 Å². The lowest BCUT2D eigenvalue weighted by Gasteiger charge is -2.15. The summed E-state index contributed by atoms with van der Waals surface area (Å²) in [7, 11) is 0. The van der Waals surface area contributed by atoms with E-state index in [1.807, 2.05) is 12.4 Å². The van der Waals surface area contributed by atoms with Gasteiger partial charge in [0.2, 0.25) is 0 Å². The summed E-state index contributed by atoms with van der Waals surface area (Å²) in [6.45, 7) is 4.56. The van der Waals surface area contributed by atoms with Crippen LogP contribution in [0.15, 0.2) is 29.3 Å². The van der Waals surface area contributed by atoms with Crippen molar-refractivity contribution in [2.45, 2.75) is 19.4 Å². The average molecular weight is 192 g/mol. The van der Waals surface area contributed by atoms with E-state index in [0.717, 1.165) is 13.1 Å². The van der Waals surface area contributed by atoms with Crippen LogP contribution < -0.4 is 5.43 Å². The Morgan fingerprint density at radius 3 is 2.36 bits per heavy atom. The van der Waals surface area contributed by atoms with Gasteiger partial charge in [0, 0.05) is 37.6 Å². The normalized spacial score (nSPS) is 17.4. The van der Waals surface area contributed by atoms with E-state index >= 15 is 0 Å². The Morgan fingerprint density at radius 2 is 1.71 bits per heavy atom. The summed E-state index contributed by atoms with van der Waals surface area (Å²) in [6, 6.07) is 3.23. The Kier molecular flexibility index (Phi) is 2.99. The van der Waals surface area contributed by atoms with Crippen molar-refractivity contribution in [3.05, 3.63) is 34.7 Å². The highest BCUT2D eigenvalue weighted by molar-refractivity contribution is 4.93. The molecule has 0 bridgehead atoms. The van der Waals surface area contributed by atoms with Crippen LogP contribution in [-0.4, -0.2) is 29.1 Å². The highest BCUT2D eigenvalue weighted by atomic mass is 16.1. The molecule has 0 unspecified atom stereocenters. The zero-order valence-electron chi connectivity index (χ0n) is 8.35. The van der Waals surface area contributed by atoms with E-state index in [0.29, 0.717) is 0 Å². The summed E-state index contributed by atoms with van der Waals surface area (Å²) in [6.07, 6.45) is 6.39. The first-order valence-electron chi connectivity index (χ1n) is 5.23. The minimum Gasteiger partial charge on any atom is -0.353 e. The second-order valence-corrected chi connectivity index (χ2v) is 3.82. The zero-order valence-corrected chi connectivity index (χ0v) is 8.35. The molecule has 1 aromatic rings. The number of nitrogens with zero attached hydrogens (tertiary/aromatic N) is 2. The van der Waals surface area contributed by atoms with E-state index in [1.165, 1.54) is 25.9 Å². The fourth-order valence-electron chi connectivity index (χ4n) is 1.86. The van der Waals surface area contributed by atoms with Crippen LogP contribution in [0.3, 0.4) is 0 Å². The number of hydrogen-bond acceptors (Lipinski definition) is 2. The summed E-state index contributed by atoms with van der Waals surface area (Å²) in [5, 5.41) is 0. The molecule has 0 N–H and O–H groups in total. The molecule has 0 aromatic carbocycles. The van der Waals surface area contributed by atoms with Gasteiger partial charge in [0.25, 0.3) is 0 Å². The minimum absolute atomic E-state index is 0.0856. The molecule has 0 radical (unpaired) electrons. The molecule has 2 heterocycles. The SMILES string of the molecule is O=c1ccn(CCN2CCCC2)cc1. The molecule has 14 heavy (non-hydrogen) atoms. The lowest BCUT2D eigenvalue weighted by Crippen LogP contribution is -2.24. The quantitative estimate of drug-likeness (QED) is 0.712. The Hall–Kier alpha value is -1.09. The average Bonchev–Trinajstić information content (AvgIpc) is 2.70. The molecule has 0 spiro atoms. The van der Waals surface area contributed by atoms with Crippen LogP contribution in [-0.2, 0) is 6.54 Å². The van der Waals surface area contributed by atoms with E-state index in [9.17, 15) is 4.79 Å². The van der Waals surface area contributed by atoms with E-state index in [1.54, 1.807) is 12.1 Å². The largest absolute Gasteiger partial charge is 0.353 e. The first kappa shape index (κ1) is 9.46. The van der Waals surface area contributed by atoms with Gasteiger partial charge in [-0.3, -0.25) is 4.79 Å². The van der Waals surface area contributed by atoms with Gasteiger partial charge in [-0.05, 0) is 25.9 Å². The number of likely N-dealkylation sites (tertiary alicyclic amines) is 1. The third-order valence-corrected chi connectivity index (χ3v) is 2.73. The molecule has 1 aliphatic rings. The van der Waals surface area contributed by atoms with Crippen molar-refractivity contribution in [2.24, 2.45) is 0 Å². The first-order chi connectivity index (χ1) is 6.84. The van der Waals surface area contributed by atoms with Crippen molar-refractivity contribution in [3.63, 3.8) is 0 Å². The van der Waals surface area contributed by atoms with Gasteiger partial charge >= 0.3 is 0 Å². The topological polar surface area (TPSA) is 25.2 Å². The van der Waals surface area contributed by atoms with Crippen LogP contribution in [0.1, 0.15) is 12.8 Å². The van der Waals surface area contributed by atoms with Crippen LogP contribution in [0, 0.1) is 0 Å². The van der Waals surface area contributed by atoms with E-state index in [2.05, 4.69) is 9.47 Å². The standard InChI is InChI=1S/C11H16N2O/c14-11-3-7-13(8-4-11)10-9-12-5-1-2-6-12/h3-4,7-8H,1-2,5-6,9-10H2. The molecule has 1 aliphatic heterocycles. The number of aromatic nitrogens is 1. The van der Waals surface area contributed by atoms with Crippen molar-refractivity contribution in [1.82, 2.24) is 9.47 Å². The predicted octanol–water partition coefficient (Wildman–Crippen LogP) is 0.944. The summed E-state index contributed by atoms with van der Waals surface area (Å²) >= 11 is 0. The van der Waals surface area contributed by atoms with Crippen molar-refractivity contribution in [2.75, 3.05) is 19.6 Å². The summed E-state index contributed by atoms with van der Waals surface area (Å²) < 4.78 is 2.07. The molecule has 1 fully saturated rings. The second kappa shape index (κ2) is 4.42. The first-order valence-corrected chi connectivity index (χ1v) is 5.23. The highest BCUT2D eigenvalue weighted by Crippen LogP contribution is 2.06. The molecule has 1 saturated heterocycles. The molecule has 0 atom stereocenters. The van der Waals surface area contributed by atoms with Crippen LogP contribution in [0.2, 0.25) is 0 Å². The Bertz CT molecular complexity index is 319. The molecular weight excluding hydrogens is 176 g/mol. The highest BCUT2D eigenvalue weighted by Gasteiger charge is 2.09. The molecule has 0 aliphatic carbocycles. The summed E-state index contributed by atoms with van der Waals surface area (Å²) in [4.78, 5) is 13.3. The smallest absolute Gasteiger partial charge is 0.181 e. The maximum atomic E-state index is 10.9. The third kappa shape index (κ3) is 2.45.